The SMILES string of the molecule is CCCOC1CCCN(CCCCC(C)(N)C(=O)O)C1. The normalized spacial score (nSPS) is 23.4. The first-order valence-corrected chi connectivity index (χ1v) is 7.82. The number of nitrogens with two attached hydrogens (primary N) is 1. The minimum atomic E-state index is -1.09. The van der Waals surface area contributed by atoms with Crippen LogP contribution in [0.2, 0.25) is 0 Å². The zero-order valence-corrected chi connectivity index (χ0v) is 12.9. The average Bonchev–Trinajstić information content (AvgIpc) is 2.41. The van der Waals surface area contributed by atoms with Crippen molar-refractivity contribution in [1.29, 1.82) is 0 Å². The van der Waals surface area contributed by atoms with Gasteiger partial charge in [-0.1, -0.05) is 6.92 Å². The summed E-state index contributed by atoms with van der Waals surface area (Å²) >= 11 is 0. The van der Waals surface area contributed by atoms with Crippen molar-refractivity contribution in [3.05, 3.63) is 0 Å². The van der Waals surface area contributed by atoms with E-state index in [9.17, 15) is 4.79 Å². The van der Waals surface area contributed by atoms with Gasteiger partial charge in [-0.2, -0.15) is 0 Å². The van der Waals surface area contributed by atoms with Gasteiger partial charge >= 0.3 is 5.97 Å². The van der Waals surface area contributed by atoms with Gasteiger partial charge in [-0.25, -0.2) is 0 Å². The zero-order chi connectivity index (χ0) is 15.0. The summed E-state index contributed by atoms with van der Waals surface area (Å²) in [5.41, 5.74) is 4.63. The summed E-state index contributed by atoms with van der Waals surface area (Å²) in [4.78, 5) is 13.3. The smallest absolute Gasteiger partial charge is 0.323 e. The van der Waals surface area contributed by atoms with Crippen molar-refractivity contribution >= 4 is 5.97 Å². The number of likely N-dealkylation sites (tertiary alicyclic amines) is 1. The highest BCUT2D eigenvalue weighted by atomic mass is 16.5. The Hall–Kier alpha value is -0.650. The highest BCUT2D eigenvalue weighted by molar-refractivity contribution is 5.77. The van der Waals surface area contributed by atoms with Crippen LogP contribution in [0.5, 0.6) is 0 Å². The van der Waals surface area contributed by atoms with Crippen LogP contribution in [0, 0.1) is 0 Å². The third-order valence-electron chi connectivity index (χ3n) is 3.93. The van der Waals surface area contributed by atoms with Gasteiger partial charge in [-0.05, 0) is 58.5 Å². The summed E-state index contributed by atoms with van der Waals surface area (Å²) in [6.45, 7) is 7.73. The molecule has 0 aromatic heterocycles. The molecule has 1 fully saturated rings. The Labute approximate surface area is 122 Å². The van der Waals surface area contributed by atoms with Gasteiger partial charge in [0.2, 0.25) is 0 Å². The zero-order valence-electron chi connectivity index (χ0n) is 12.9. The van der Waals surface area contributed by atoms with Crippen molar-refractivity contribution < 1.29 is 14.6 Å². The van der Waals surface area contributed by atoms with Crippen molar-refractivity contribution in [3.8, 4) is 0 Å². The molecule has 1 aliphatic heterocycles. The fraction of sp³-hybridized carbons (Fsp3) is 0.933. The molecule has 0 amide bonds. The molecule has 0 bridgehead atoms. The van der Waals surface area contributed by atoms with Crippen LogP contribution < -0.4 is 5.73 Å². The molecule has 0 saturated carbocycles. The van der Waals surface area contributed by atoms with Crippen molar-refractivity contribution in [1.82, 2.24) is 4.90 Å². The molecule has 2 unspecified atom stereocenters. The summed E-state index contributed by atoms with van der Waals surface area (Å²) in [5.74, 6) is -0.913. The lowest BCUT2D eigenvalue weighted by atomic mass is 9.96. The van der Waals surface area contributed by atoms with Crippen molar-refractivity contribution in [2.24, 2.45) is 5.73 Å². The molecule has 0 aromatic carbocycles. The second-order valence-corrected chi connectivity index (χ2v) is 6.12. The molecule has 5 heteroatoms. The molecule has 0 aromatic rings. The van der Waals surface area contributed by atoms with Crippen LogP contribution in [0.3, 0.4) is 0 Å². The summed E-state index contributed by atoms with van der Waals surface area (Å²) in [7, 11) is 0. The second kappa shape index (κ2) is 8.60. The largest absolute Gasteiger partial charge is 0.480 e. The van der Waals surface area contributed by atoms with Gasteiger partial charge in [0, 0.05) is 13.2 Å². The lowest BCUT2D eigenvalue weighted by Gasteiger charge is -2.32. The van der Waals surface area contributed by atoms with Crippen LogP contribution in [0.15, 0.2) is 0 Å². The minimum absolute atomic E-state index is 0.377. The Morgan fingerprint density at radius 1 is 1.50 bits per heavy atom. The molecular weight excluding hydrogens is 256 g/mol. The number of carbonyl (C=O) groups is 1. The molecule has 1 heterocycles. The predicted octanol–water partition coefficient (Wildman–Crippen LogP) is 1.85. The number of carboxylic acids is 1. The van der Waals surface area contributed by atoms with E-state index in [2.05, 4.69) is 11.8 Å². The number of carboxylic acid groups (broad SMARTS) is 1. The second-order valence-electron chi connectivity index (χ2n) is 6.12. The Bertz CT molecular complexity index is 295. The summed E-state index contributed by atoms with van der Waals surface area (Å²) in [6.07, 6.45) is 6.19. The molecule has 0 aliphatic carbocycles. The van der Waals surface area contributed by atoms with Crippen molar-refractivity contribution in [3.63, 3.8) is 0 Å². The van der Waals surface area contributed by atoms with E-state index in [0.29, 0.717) is 12.5 Å². The first kappa shape index (κ1) is 17.4. The standard InChI is InChI=1S/C15H30N2O3/c1-3-11-20-13-7-6-10-17(12-13)9-5-4-8-15(2,16)14(18)19/h13H,3-12,16H2,1-2H3,(H,18,19). The molecule has 1 saturated heterocycles. The number of piperidine rings is 1. The number of ether oxygens (including phenoxy) is 1. The maximum Gasteiger partial charge on any atom is 0.323 e. The number of aliphatic carboxylic acids is 1. The summed E-state index contributed by atoms with van der Waals surface area (Å²) < 4.78 is 5.81. The number of hydrogen-bond donors (Lipinski definition) is 2. The van der Waals surface area contributed by atoms with E-state index >= 15 is 0 Å². The van der Waals surface area contributed by atoms with Crippen LogP contribution in [0.1, 0.15) is 52.4 Å². The van der Waals surface area contributed by atoms with Gasteiger partial charge < -0.3 is 20.5 Å². The van der Waals surface area contributed by atoms with Crippen molar-refractivity contribution in [2.45, 2.75) is 64.0 Å². The van der Waals surface area contributed by atoms with Crippen LogP contribution in [-0.4, -0.2) is 53.9 Å². The topological polar surface area (TPSA) is 75.8 Å². The van der Waals surface area contributed by atoms with Crippen molar-refractivity contribution in [2.75, 3.05) is 26.2 Å². The van der Waals surface area contributed by atoms with E-state index in [1.807, 2.05) is 0 Å². The lowest BCUT2D eigenvalue weighted by molar-refractivity contribution is -0.142. The average molecular weight is 286 g/mol. The fourth-order valence-electron chi connectivity index (χ4n) is 2.57. The maximum absolute atomic E-state index is 10.9. The van der Waals surface area contributed by atoms with Crippen LogP contribution in [0.25, 0.3) is 0 Å². The van der Waals surface area contributed by atoms with E-state index in [1.54, 1.807) is 6.92 Å². The quantitative estimate of drug-likeness (QED) is 0.633. The Kier molecular flexibility index (Phi) is 7.48. The Balaban J connectivity index is 2.17. The van der Waals surface area contributed by atoms with E-state index in [0.717, 1.165) is 51.9 Å². The molecule has 0 spiro atoms. The monoisotopic (exact) mass is 286 g/mol. The van der Waals surface area contributed by atoms with Gasteiger partial charge in [0.15, 0.2) is 0 Å². The third-order valence-corrected chi connectivity index (χ3v) is 3.93. The molecule has 5 nitrogen and oxygen atoms in total. The molecule has 1 rings (SSSR count). The number of hydrogen-bond acceptors (Lipinski definition) is 4. The first-order valence-electron chi connectivity index (χ1n) is 7.82. The highest BCUT2D eigenvalue weighted by Gasteiger charge is 2.27. The van der Waals surface area contributed by atoms with E-state index in [1.165, 1.54) is 6.42 Å². The highest BCUT2D eigenvalue weighted by Crippen LogP contribution is 2.16. The lowest BCUT2D eigenvalue weighted by Crippen LogP contribution is -2.45. The Morgan fingerprint density at radius 2 is 2.25 bits per heavy atom. The molecule has 2 atom stereocenters. The number of unbranched alkanes of at least 4 members (excludes halogenated alkanes) is 1. The summed E-state index contributed by atoms with van der Waals surface area (Å²) in [6, 6.07) is 0. The van der Waals surface area contributed by atoms with Crippen LogP contribution in [0.4, 0.5) is 0 Å². The molecule has 3 N–H and O–H groups in total. The van der Waals surface area contributed by atoms with Gasteiger partial charge in [-0.15, -0.1) is 0 Å². The Morgan fingerprint density at radius 3 is 2.90 bits per heavy atom. The molecule has 0 radical (unpaired) electrons. The minimum Gasteiger partial charge on any atom is -0.480 e. The predicted molar refractivity (Wildman–Crippen MR) is 79.8 cm³/mol. The number of nitrogens with zero attached hydrogens (tertiary/aromatic N) is 1. The maximum atomic E-state index is 10.9. The van der Waals surface area contributed by atoms with Crippen LogP contribution >= 0.6 is 0 Å². The molecule has 118 valence electrons. The van der Waals surface area contributed by atoms with E-state index in [-0.39, 0.29) is 0 Å². The molecular formula is C15H30N2O3. The van der Waals surface area contributed by atoms with Gasteiger partial charge in [0.25, 0.3) is 0 Å². The summed E-state index contributed by atoms with van der Waals surface area (Å²) in [5, 5.41) is 8.95. The van der Waals surface area contributed by atoms with Crippen LogP contribution in [-0.2, 0) is 9.53 Å². The number of rotatable bonds is 9. The fourth-order valence-corrected chi connectivity index (χ4v) is 2.57. The third kappa shape index (κ3) is 6.20. The molecule has 1 aliphatic rings. The van der Waals surface area contributed by atoms with Gasteiger partial charge in [0.1, 0.15) is 5.54 Å². The molecule has 20 heavy (non-hydrogen) atoms. The van der Waals surface area contributed by atoms with E-state index in [4.69, 9.17) is 15.6 Å². The van der Waals surface area contributed by atoms with E-state index < -0.39 is 11.5 Å². The van der Waals surface area contributed by atoms with Gasteiger partial charge in [-0.3, -0.25) is 4.79 Å². The van der Waals surface area contributed by atoms with Gasteiger partial charge in [0.05, 0.1) is 6.10 Å². The first-order chi connectivity index (χ1) is 9.45.